The van der Waals surface area contributed by atoms with Crippen molar-refractivity contribution in [3.63, 3.8) is 0 Å². The molecule has 1 N–H and O–H groups in total. The van der Waals surface area contributed by atoms with E-state index in [0.717, 1.165) is 42.8 Å². The quantitative estimate of drug-likeness (QED) is 0.488. The molecule has 198 valence electrons. The van der Waals surface area contributed by atoms with Crippen LogP contribution >= 0.6 is 0 Å². The molecule has 0 spiro atoms. The van der Waals surface area contributed by atoms with E-state index in [1.165, 1.54) is 37.7 Å². The molecule has 4 aliphatic carbocycles. The van der Waals surface area contributed by atoms with Crippen molar-refractivity contribution in [3.8, 4) is 0 Å². The van der Waals surface area contributed by atoms with Gasteiger partial charge in [-0.3, -0.25) is 9.59 Å². The number of carbonyl (C=O) groups is 2. The number of fused-ring (bicyclic) bond motifs is 6. The molecule has 5 heteroatoms. The van der Waals surface area contributed by atoms with Crippen molar-refractivity contribution in [1.29, 1.82) is 0 Å². The van der Waals surface area contributed by atoms with Gasteiger partial charge in [-0.1, -0.05) is 46.3 Å². The molecule has 4 aliphatic rings. The standard InChI is InChI=1S/C31H47N3O2/c1-8-32-27(36)14-9-19(2)23-11-12-24-22-10-13-26-29(4,5)28-21(18-33-34(28)20(3)35)17-31(26,7)25(22)15-16-30(23,24)6/h13,18-19,22-25H,8-12,14-17H2,1-7H3,(H,32,36)/t19-,22+,23-,24+,25+,30-,31-/m1/s1. The van der Waals surface area contributed by atoms with E-state index in [4.69, 9.17) is 0 Å². The van der Waals surface area contributed by atoms with Crippen molar-refractivity contribution in [2.24, 2.45) is 40.4 Å². The molecule has 0 unspecified atom stereocenters. The van der Waals surface area contributed by atoms with Crippen LogP contribution in [0.5, 0.6) is 0 Å². The monoisotopic (exact) mass is 493 g/mol. The average Bonchev–Trinajstić information content (AvgIpc) is 3.39. The summed E-state index contributed by atoms with van der Waals surface area (Å²) in [5.41, 5.74) is 4.26. The maximum atomic E-state index is 12.4. The number of aromatic nitrogens is 2. The zero-order valence-corrected chi connectivity index (χ0v) is 23.6. The zero-order chi connectivity index (χ0) is 26.0. The fourth-order valence-corrected chi connectivity index (χ4v) is 10.1. The maximum Gasteiger partial charge on any atom is 0.244 e. The molecule has 1 heterocycles. The van der Waals surface area contributed by atoms with Crippen molar-refractivity contribution in [2.45, 2.75) is 105 Å². The third kappa shape index (κ3) is 3.66. The molecule has 7 atom stereocenters. The van der Waals surface area contributed by atoms with E-state index in [0.29, 0.717) is 23.7 Å². The number of rotatable bonds is 5. The van der Waals surface area contributed by atoms with Crippen molar-refractivity contribution in [1.82, 2.24) is 15.1 Å². The van der Waals surface area contributed by atoms with Gasteiger partial charge >= 0.3 is 0 Å². The fraction of sp³-hybridized carbons (Fsp3) is 0.774. The molecule has 1 amide bonds. The second-order valence-corrected chi connectivity index (χ2v) is 13.6. The van der Waals surface area contributed by atoms with Crippen LogP contribution in [0.25, 0.3) is 0 Å². The Bertz CT molecular complexity index is 1080. The van der Waals surface area contributed by atoms with E-state index in [1.807, 2.05) is 13.1 Å². The Kier molecular flexibility index (Phi) is 6.32. The minimum absolute atomic E-state index is 0.00828. The van der Waals surface area contributed by atoms with Gasteiger partial charge in [-0.15, -0.1) is 0 Å². The Hall–Kier alpha value is -1.91. The summed E-state index contributed by atoms with van der Waals surface area (Å²) in [7, 11) is 0. The third-order valence-corrected chi connectivity index (χ3v) is 11.4. The Morgan fingerprint density at radius 2 is 1.92 bits per heavy atom. The molecule has 1 aromatic rings. The van der Waals surface area contributed by atoms with Crippen LogP contribution in [-0.2, 0) is 16.6 Å². The number of hydrogen-bond acceptors (Lipinski definition) is 3. The van der Waals surface area contributed by atoms with Gasteiger partial charge in [-0.05, 0) is 97.9 Å². The van der Waals surface area contributed by atoms with Gasteiger partial charge in [0.15, 0.2) is 0 Å². The lowest BCUT2D eigenvalue weighted by Gasteiger charge is -2.60. The van der Waals surface area contributed by atoms with Gasteiger partial charge in [0.25, 0.3) is 0 Å². The highest BCUT2D eigenvalue weighted by Crippen LogP contribution is 2.68. The molecule has 2 fully saturated rings. The Morgan fingerprint density at radius 3 is 2.61 bits per heavy atom. The van der Waals surface area contributed by atoms with Crippen LogP contribution in [0.2, 0.25) is 0 Å². The third-order valence-electron chi connectivity index (χ3n) is 11.4. The Labute approximate surface area is 217 Å². The summed E-state index contributed by atoms with van der Waals surface area (Å²) in [6.07, 6.45) is 13.6. The van der Waals surface area contributed by atoms with Crippen LogP contribution in [0, 0.1) is 40.4 Å². The molecule has 0 aromatic carbocycles. The summed E-state index contributed by atoms with van der Waals surface area (Å²) in [5, 5.41) is 7.51. The molecule has 0 radical (unpaired) electrons. The molecule has 36 heavy (non-hydrogen) atoms. The predicted molar refractivity (Wildman–Crippen MR) is 144 cm³/mol. The van der Waals surface area contributed by atoms with Gasteiger partial charge in [-0.2, -0.15) is 5.10 Å². The SMILES string of the molecule is CCNC(=O)CC[C@@H](C)[C@H]1CC[C@H]2[C@@H]3CC=C4C(C)(C)c5c(cnn5C(C)=O)C[C@]4(C)[C@H]3CC[C@]12C. The van der Waals surface area contributed by atoms with Crippen LogP contribution in [0.3, 0.4) is 0 Å². The lowest BCUT2D eigenvalue weighted by Crippen LogP contribution is -2.54. The molecule has 0 bridgehead atoms. The highest BCUT2D eigenvalue weighted by atomic mass is 16.2. The first-order valence-electron chi connectivity index (χ1n) is 14.5. The first-order valence-corrected chi connectivity index (χ1v) is 14.5. The summed E-state index contributed by atoms with van der Waals surface area (Å²) in [6, 6.07) is 0. The minimum Gasteiger partial charge on any atom is -0.356 e. The maximum absolute atomic E-state index is 12.4. The number of nitrogens with one attached hydrogen (secondary N) is 1. The van der Waals surface area contributed by atoms with Gasteiger partial charge in [0.1, 0.15) is 0 Å². The summed E-state index contributed by atoms with van der Waals surface area (Å²) >= 11 is 0. The highest BCUT2D eigenvalue weighted by molar-refractivity contribution is 5.77. The largest absolute Gasteiger partial charge is 0.356 e. The van der Waals surface area contributed by atoms with Crippen molar-refractivity contribution in [3.05, 3.63) is 29.1 Å². The minimum atomic E-state index is -0.179. The smallest absolute Gasteiger partial charge is 0.244 e. The molecule has 1 aromatic heterocycles. The van der Waals surface area contributed by atoms with E-state index in [-0.39, 0.29) is 22.6 Å². The van der Waals surface area contributed by atoms with Gasteiger partial charge in [-0.25, -0.2) is 4.68 Å². The lowest BCUT2D eigenvalue weighted by molar-refractivity contribution is -0.121. The van der Waals surface area contributed by atoms with Crippen molar-refractivity contribution >= 4 is 11.8 Å². The van der Waals surface area contributed by atoms with Gasteiger partial charge in [0, 0.05) is 25.3 Å². The molecule has 5 nitrogen and oxygen atoms in total. The van der Waals surface area contributed by atoms with Crippen LogP contribution in [0.15, 0.2) is 17.8 Å². The van der Waals surface area contributed by atoms with Gasteiger partial charge in [0.2, 0.25) is 11.8 Å². The van der Waals surface area contributed by atoms with Gasteiger partial charge in [0.05, 0.1) is 11.9 Å². The van der Waals surface area contributed by atoms with E-state index >= 15 is 0 Å². The first-order chi connectivity index (χ1) is 16.9. The second kappa shape index (κ2) is 8.84. The number of hydrogen-bond donors (Lipinski definition) is 1. The number of carbonyl (C=O) groups excluding carboxylic acids is 2. The summed E-state index contributed by atoms with van der Waals surface area (Å²) in [5.74, 6) is 3.72. The van der Waals surface area contributed by atoms with Crippen molar-refractivity contribution in [2.75, 3.05) is 6.54 Å². The van der Waals surface area contributed by atoms with E-state index in [9.17, 15) is 9.59 Å². The normalized spacial score (nSPS) is 37.1. The number of allylic oxidation sites excluding steroid dienone is 2. The predicted octanol–water partition coefficient (Wildman–Crippen LogP) is 6.32. The van der Waals surface area contributed by atoms with E-state index in [1.54, 1.807) is 17.2 Å². The fourth-order valence-electron chi connectivity index (χ4n) is 10.1. The summed E-state index contributed by atoms with van der Waals surface area (Å²) in [4.78, 5) is 24.5. The molecule has 2 saturated carbocycles. The Balaban J connectivity index is 1.41. The van der Waals surface area contributed by atoms with Crippen molar-refractivity contribution < 1.29 is 9.59 Å². The van der Waals surface area contributed by atoms with Crippen LogP contribution in [-0.4, -0.2) is 28.1 Å². The molecular formula is C31H47N3O2. The molecule has 0 aliphatic heterocycles. The average molecular weight is 494 g/mol. The zero-order valence-electron chi connectivity index (χ0n) is 23.6. The van der Waals surface area contributed by atoms with Crippen LogP contribution in [0.4, 0.5) is 0 Å². The van der Waals surface area contributed by atoms with Crippen LogP contribution in [0.1, 0.15) is 109 Å². The van der Waals surface area contributed by atoms with Crippen LogP contribution < -0.4 is 5.32 Å². The van der Waals surface area contributed by atoms with Gasteiger partial charge < -0.3 is 5.32 Å². The molecule has 5 rings (SSSR count). The Morgan fingerprint density at radius 1 is 1.17 bits per heavy atom. The number of nitrogens with zero attached hydrogens (tertiary/aromatic N) is 2. The number of amides is 1. The summed E-state index contributed by atoms with van der Waals surface area (Å²) < 4.78 is 1.66. The lowest BCUT2D eigenvalue weighted by atomic mass is 9.44. The summed E-state index contributed by atoms with van der Waals surface area (Å²) in [6.45, 7) is 16.5. The molecular weight excluding hydrogens is 446 g/mol. The second-order valence-electron chi connectivity index (χ2n) is 13.6. The topological polar surface area (TPSA) is 64.0 Å². The van der Waals surface area contributed by atoms with E-state index in [2.05, 4.69) is 51.1 Å². The highest BCUT2D eigenvalue weighted by Gasteiger charge is 2.61. The first kappa shape index (κ1) is 25.7. The molecule has 0 saturated heterocycles. The van der Waals surface area contributed by atoms with E-state index < -0.39 is 0 Å².